The van der Waals surface area contributed by atoms with Crippen molar-refractivity contribution in [1.29, 1.82) is 0 Å². The molecule has 0 saturated carbocycles. The van der Waals surface area contributed by atoms with Crippen LogP contribution in [0, 0.1) is 5.92 Å². The highest BCUT2D eigenvalue weighted by Crippen LogP contribution is 2.28. The summed E-state index contributed by atoms with van der Waals surface area (Å²) in [7, 11) is 0. The van der Waals surface area contributed by atoms with Gasteiger partial charge in [0.2, 0.25) is 5.91 Å². The maximum absolute atomic E-state index is 12.8. The van der Waals surface area contributed by atoms with E-state index >= 15 is 0 Å². The molecule has 1 aromatic heterocycles. The number of halogens is 1. The molecule has 1 saturated heterocycles. The van der Waals surface area contributed by atoms with Crippen LogP contribution in [0.15, 0.2) is 54.6 Å². The molecule has 2 aromatic carbocycles. The number of nitrogens with one attached hydrogen (secondary N) is 1. The predicted octanol–water partition coefficient (Wildman–Crippen LogP) is 4.90. The first-order chi connectivity index (χ1) is 14.8. The number of carbonyl (C=O) groups is 1. The Balaban J connectivity index is 1.34. The number of rotatable bonds is 5. The van der Waals surface area contributed by atoms with Gasteiger partial charge in [0.25, 0.3) is 0 Å². The van der Waals surface area contributed by atoms with Crippen LogP contribution in [0.5, 0.6) is 5.75 Å². The minimum Gasteiger partial charge on any atom is -0.506 e. The van der Waals surface area contributed by atoms with E-state index in [9.17, 15) is 9.90 Å². The van der Waals surface area contributed by atoms with Crippen molar-refractivity contribution >= 4 is 34.2 Å². The summed E-state index contributed by atoms with van der Waals surface area (Å²) in [6.45, 7) is 6.33. The normalized spacial score (nSPS) is 15.3. The van der Waals surface area contributed by atoms with Gasteiger partial charge in [0.1, 0.15) is 17.1 Å². The molecule has 6 heteroatoms. The molecule has 1 aliphatic rings. The van der Waals surface area contributed by atoms with Gasteiger partial charge < -0.3 is 15.3 Å². The molecular formula is C25H28ClN3O2. The summed E-state index contributed by atoms with van der Waals surface area (Å²) < 4.78 is 0. The number of aromatic nitrogens is 1. The summed E-state index contributed by atoms with van der Waals surface area (Å²) in [5, 5.41) is 14.9. The van der Waals surface area contributed by atoms with Crippen LogP contribution >= 0.6 is 11.6 Å². The average molecular weight is 438 g/mol. The third-order valence-corrected chi connectivity index (χ3v) is 6.42. The number of anilines is 1. The van der Waals surface area contributed by atoms with Crippen molar-refractivity contribution in [2.45, 2.75) is 32.1 Å². The maximum Gasteiger partial charge on any atom is 0.223 e. The van der Waals surface area contributed by atoms with Crippen molar-refractivity contribution in [3.63, 3.8) is 0 Å². The molecule has 0 spiro atoms. The number of aromatic hydroxyl groups is 1. The van der Waals surface area contributed by atoms with Crippen LogP contribution < -0.4 is 10.2 Å². The van der Waals surface area contributed by atoms with Gasteiger partial charge in [-0.05, 0) is 48.7 Å². The van der Waals surface area contributed by atoms with Gasteiger partial charge in [0.15, 0.2) is 0 Å². The Bertz CT molecular complexity index is 1090. The molecule has 0 bridgehead atoms. The third-order valence-electron chi connectivity index (χ3n) is 6.18. The molecular weight excluding hydrogens is 410 g/mol. The van der Waals surface area contributed by atoms with Gasteiger partial charge in [-0.1, -0.05) is 49.7 Å². The Labute approximate surface area is 188 Å². The zero-order valence-electron chi connectivity index (χ0n) is 17.9. The largest absolute Gasteiger partial charge is 0.506 e. The SMILES string of the molecule is CC(C)(CNC(=O)C1CCN(c2ccc3cccc(O)c3n2)CC1)c1cccc(Cl)c1. The molecule has 5 nitrogen and oxygen atoms in total. The number of phenolic OH excluding ortho intramolecular Hbond substituents is 1. The number of pyridine rings is 1. The Hall–Kier alpha value is -2.79. The lowest BCUT2D eigenvalue weighted by molar-refractivity contribution is -0.125. The van der Waals surface area contributed by atoms with Gasteiger partial charge in [-0.2, -0.15) is 0 Å². The summed E-state index contributed by atoms with van der Waals surface area (Å²) in [4.78, 5) is 19.6. The van der Waals surface area contributed by atoms with Crippen molar-refractivity contribution in [3.05, 3.63) is 65.2 Å². The molecule has 2 N–H and O–H groups in total. The number of piperidine rings is 1. The molecule has 1 amide bonds. The topological polar surface area (TPSA) is 65.5 Å². The Morgan fingerprint density at radius 1 is 1.16 bits per heavy atom. The summed E-state index contributed by atoms with van der Waals surface area (Å²) >= 11 is 6.13. The van der Waals surface area contributed by atoms with Crippen molar-refractivity contribution in [2.75, 3.05) is 24.5 Å². The number of phenols is 1. The molecule has 0 radical (unpaired) electrons. The average Bonchev–Trinajstić information content (AvgIpc) is 2.78. The Morgan fingerprint density at radius 3 is 2.65 bits per heavy atom. The highest BCUT2D eigenvalue weighted by atomic mass is 35.5. The van der Waals surface area contributed by atoms with Gasteiger partial charge in [0.05, 0.1) is 0 Å². The van der Waals surface area contributed by atoms with Crippen molar-refractivity contribution < 1.29 is 9.90 Å². The van der Waals surface area contributed by atoms with E-state index in [-0.39, 0.29) is 23.0 Å². The molecule has 0 aliphatic carbocycles. The fraction of sp³-hybridized carbons (Fsp3) is 0.360. The van der Waals surface area contributed by atoms with Gasteiger partial charge in [0, 0.05) is 41.4 Å². The van der Waals surface area contributed by atoms with E-state index in [0.29, 0.717) is 17.1 Å². The van der Waals surface area contributed by atoms with E-state index in [0.717, 1.165) is 42.7 Å². The summed E-state index contributed by atoms with van der Waals surface area (Å²) in [5.74, 6) is 1.14. The van der Waals surface area contributed by atoms with Crippen molar-refractivity contribution in [1.82, 2.24) is 10.3 Å². The molecule has 1 aliphatic heterocycles. The zero-order valence-corrected chi connectivity index (χ0v) is 18.7. The number of benzene rings is 2. The first kappa shape index (κ1) is 21.4. The first-order valence-corrected chi connectivity index (χ1v) is 11.1. The maximum atomic E-state index is 12.8. The van der Waals surface area contributed by atoms with Gasteiger partial charge >= 0.3 is 0 Å². The lowest BCUT2D eigenvalue weighted by atomic mass is 9.84. The van der Waals surface area contributed by atoms with Crippen LogP contribution in [0.25, 0.3) is 10.9 Å². The predicted molar refractivity (Wildman–Crippen MR) is 126 cm³/mol. The molecule has 162 valence electrons. The van der Waals surface area contributed by atoms with E-state index in [1.807, 2.05) is 48.5 Å². The quantitative estimate of drug-likeness (QED) is 0.595. The van der Waals surface area contributed by atoms with Crippen LogP contribution in [-0.2, 0) is 10.2 Å². The van der Waals surface area contributed by atoms with E-state index in [1.165, 1.54) is 0 Å². The molecule has 31 heavy (non-hydrogen) atoms. The molecule has 3 aromatic rings. The second kappa shape index (κ2) is 8.75. The second-order valence-corrected chi connectivity index (χ2v) is 9.33. The number of fused-ring (bicyclic) bond motifs is 1. The molecule has 2 heterocycles. The number of hydrogen-bond acceptors (Lipinski definition) is 4. The number of hydrogen-bond donors (Lipinski definition) is 2. The van der Waals surface area contributed by atoms with Crippen molar-refractivity contribution in [2.24, 2.45) is 5.92 Å². The minimum absolute atomic E-state index is 0.000250. The minimum atomic E-state index is -0.196. The fourth-order valence-electron chi connectivity index (χ4n) is 4.13. The van der Waals surface area contributed by atoms with E-state index in [4.69, 9.17) is 11.6 Å². The standard InChI is InChI=1S/C25H28ClN3O2/c1-25(2,19-6-4-7-20(26)15-19)16-27-24(31)18-11-13-29(14-12-18)22-10-9-17-5-3-8-21(30)23(17)28-22/h3-10,15,18,30H,11-14,16H2,1-2H3,(H,27,31). The third kappa shape index (κ3) is 4.77. The van der Waals surface area contributed by atoms with Crippen LogP contribution in [0.4, 0.5) is 5.82 Å². The van der Waals surface area contributed by atoms with Crippen LogP contribution in [0.1, 0.15) is 32.3 Å². The molecule has 4 rings (SSSR count). The van der Waals surface area contributed by atoms with Crippen molar-refractivity contribution in [3.8, 4) is 5.75 Å². The van der Waals surface area contributed by atoms with Crippen LogP contribution in [0.3, 0.4) is 0 Å². The van der Waals surface area contributed by atoms with Gasteiger partial charge in [-0.3, -0.25) is 4.79 Å². The van der Waals surface area contributed by atoms with E-state index in [2.05, 4.69) is 29.0 Å². The molecule has 0 atom stereocenters. The molecule has 0 unspecified atom stereocenters. The smallest absolute Gasteiger partial charge is 0.223 e. The van der Waals surface area contributed by atoms with Crippen LogP contribution in [-0.4, -0.2) is 35.6 Å². The van der Waals surface area contributed by atoms with Gasteiger partial charge in [-0.15, -0.1) is 0 Å². The second-order valence-electron chi connectivity index (χ2n) is 8.89. The fourth-order valence-corrected chi connectivity index (χ4v) is 4.32. The number of carbonyl (C=O) groups excluding carboxylic acids is 1. The molecule has 1 fully saturated rings. The highest BCUT2D eigenvalue weighted by Gasteiger charge is 2.28. The van der Waals surface area contributed by atoms with E-state index in [1.54, 1.807) is 6.07 Å². The Kier molecular flexibility index (Phi) is 6.05. The lowest BCUT2D eigenvalue weighted by Gasteiger charge is -2.33. The van der Waals surface area contributed by atoms with Gasteiger partial charge in [-0.25, -0.2) is 4.98 Å². The summed E-state index contributed by atoms with van der Waals surface area (Å²) in [5.41, 5.74) is 1.53. The van der Waals surface area contributed by atoms with Crippen LogP contribution in [0.2, 0.25) is 5.02 Å². The first-order valence-electron chi connectivity index (χ1n) is 10.7. The lowest BCUT2D eigenvalue weighted by Crippen LogP contribution is -2.44. The number of para-hydroxylation sites is 1. The number of nitrogens with zero attached hydrogens (tertiary/aromatic N) is 2. The number of amides is 1. The zero-order chi connectivity index (χ0) is 22.0. The van der Waals surface area contributed by atoms with E-state index < -0.39 is 0 Å². The summed E-state index contributed by atoms with van der Waals surface area (Å²) in [6, 6.07) is 17.2. The highest BCUT2D eigenvalue weighted by molar-refractivity contribution is 6.30. The Morgan fingerprint density at radius 2 is 1.90 bits per heavy atom. The monoisotopic (exact) mass is 437 g/mol. The summed E-state index contributed by atoms with van der Waals surface area (Å²) in [6.07, 6.45) is 1.56.